The van der Waals surface area contributed by atoms with E-state index in [1.807, 2.05) is 6.92 Å². The van der Waals surface area contributed by atoms with E-state index in [2.05, 4.69) is 11.5 Å². The summed E-state index contributed by atoms with van der Waals surface area (Å²) in [6.07, 6.45) is 2.02. The number of nitrogens with two attached hydrogens (primary N) is 1. The SMILES string of the molecule is C=C(C)CN1CCCC(C(N)=O)C1. The van der Waals surface area contributed by atoms with Gasteiger partial charge in [0.05, 0.1) is 5.92 Å². The first-order valence-electron chi connectivity index (χ1n) is 4.75. The number of rotatable bonds is 3. The van der Waals surface area contributed by atoms with E-state index in [9.17, 15) is 4.79 Å². The molecule has 1 saturated heterocycles. The fourth-order valence-electron chi connectivity index (χ4n) is 1.81. The van der Waals surface area contributed by atoms with Crippen molar-refractivity contribution < 1.29 is 4.79 Å². The highest BCUT2D eigenvalue weighted by Crippen LogP contribution is 2.16. The molecule has 1 fully saturated rings. The molecule has 2 N–H and O–H groups in total. The highest BCUT2D eigenvalue weighted by atomic mass is 16.1. The molecule has 3 heteroatoms. The molecule has 1 atom stereocenters. The van der Waals surface area contributed by atoms with E-state index in [-0.39, 0.29) is 11.8 Å². The molecule has 1 aliphatic rings. The Hall–Kier alpha value is -0.830. The molecule has 1 rings (SSSR count). The number of amides is 1. The van der Waals surface area contributed by atoms with Crippen LogP contribution in [-0.4, -0.2) is 30.4 Å². The highest BCUT2D eigenvalue weighted by Gasteiger charge is 2.23. The second kappa shape index (κ2) is 4.42. The van der Waals surface area contributed by atoms with E-state index in [0.717, 1.165) is 38.0 Å². The van der Waals surface area contributed by atoms with Crippen LogP contribution in [0.4, 0.5) is 0 Å². The fourth-order valence-corrected chi connectivity index (χ4v) is 1.81. The van der Waals surface area contributed by atoms with Crippen LogP contribution in [0.3, 0.4) is 0 Å². The maximum absolute atomic E-state index is 11.0. The minimum atomic E-state index is -0.161. The number of carbonyl (C=O) groups is 1. The standard InChI is InChI=1S/C10H18N2O/c1-8(2)6-12-5-3-4-9(7-12)10(11)13/h9H,1,3-7H2,2H3,(H2,11,13). The third kappa shape index (κ3) is 3.19. The topological polar surface area (TPSA) is 46.3 Å². The van der Waals surface area contributed by atoms with Crippen LogP contribution in [0.2, 0.25) is 0 Å². The van der Waals surface area contributed by atoms with Gasteiger partial charge in [0.15, 0.2) is 0 Å². The van der Waals surface area contributed by atoms with Gasteiger partial charge >= 0.3 is 0 Å². The smallest absolute Gasteiger partial charge is 0.221 e. The summed E-state index contributed by atoms with van der Waals surface area (Å²) in [5, 5.41) is 0. The minimum Gasteiger partial charge on any atom is -0.369 e. The van der Waals surface area contributed by atoms with Gasteiger partial charge in [-0.3, -0.25) is 9.69 Å². The van der Waals surface area contributed by atoms with Gasteiger partial charge in [0, 0.05) is 13.1 Å². The van der Waals surface area contributed by atoms with Crippen LogP contribution < -0.4 is 5.73 Å². The summed E-state index contributed by atoms with van der Waals surface area (Å²) in [7, 11) is 0. The van der Waals surface area contributed by atoms with Gasteiger partial charge in [-0.25, -0.2) is 0 Å². The number of primary amides is 1. The number of nitrogens with zero attached hydrogens (tertiary/aromatic N) is 1. The monoisotopic (exact) mass is 182 g/mol. The maximum Gasteiger partial charge on any atom is 0.221 e. The lowest BCUT2D eigenvalue weighted by Crippen LogP contribution is -2.41. The number of hydrogen-bond donors (Lipinski definition) is 1. The van der Waals surface area contributed by atoms with Gasteiger partial charge in [-0.1, -0.05) is 12.2 Å². The molecule has 74 valence electrons. The molecule has 0 bridgehead atoms. The maximum atomic E-state index is 11.0. The molecular formula is C10H18N2O. The average molecular weight is 182 g/mol. The van der Waals surface area contributed by atoms with Gasteiger partial charge in [-0.15, -0.1) is 0 Å². The Balaban J connectivity index is 2.41. The molecule has 0 aromatic rings. The van der Waals surface area contributed by atoms with Crippen molar-refractivity contribution in [2.75, 3.05) is 19.6 Å². The van der Waals surface area contributed by atoms with Crippen molar-refractivity contribution in [1.82, 2.24) is 4.90 Å². The third-order valence-corrected chi connectivity index (χ3v) is 2.40. The minimum absolute atomic E-state index is 0.0492. The molecular weight excluding hydrogens is 164 g/mol. The van der Waals surface area contributed by atoms with Gasteiger partial charge in [-0.05, 0) is 26.3 Å². The van der Waals surface area contributed by atoms with E-state index in [1.54, 1.807) is 0 Å². The third-order valence-electron chi connectivity index (χ3n) is 2.40. The van der Waals surface area contributed by atoms with E-state index < -0.39 is 0 Å². The van der Waals surface area contributed by atoms with Crippen molar-refractivity contribution in [3.63, 3.8) is 0 Å². The fraction of sp³-hybridized carbons (Fsp3) is 0.700. The Morgan fingerprint density at radius 1 is 1.69 bits per heavy atom. The molecule has 0 spiro atoms. The Labute approximate surface area is 79.6 Å². The average Bonchev–Trinajstić information content (AvgIpc) is 2.03. The lowest BCUT2D eigenvalue weighted by atomic mass is 9.97. The van der Waals surface area contributed by atoms with E-state index >= 15 is 0 Å². The van der Waals surface area contributed by atoms with Gasteiger partial charge in [-0.2, -0.15) is 0 Å². The van der Waals surface area contributed by atoms with Crippen molar-refractivity contribution in [2.45, 2.75) is 19.8 Å². The summed E-state index contributed by atoms with van der Waals surface area (Å²) in [6.45, 7) is 8.64. The summed E-state index contributed by atoms with van der Waals surface area (Å²) in [6, 6.07) is 0. The van der Waals surface area contributed by atoms with Gasteiger partial charge < -0.3 is 5.73 Å². The quantitative estimate of drug-likeness (QED) is 0.655. The number of likely N-dealkylation sites (tertiary alicyclic amines) is 1. The van der Waals surface area contributed by atoms with E-state index in [0.29, 0.717) is 0 Å². The molecule has 3 nitrogen and oxygen atoms in total. The first-order valence-corrected chi connectivity index (χ1v) is 4.75. The number of carbonyl (C=O) groups excluding carboxylic acids is 1. The van der Waals surface area contributed by atoms with Crippen LogP contribution in [0.15, 0.2) is 12.2 Å². The highest BCUT2D eigenvalue weighted by molar-refractivity contribution is 5.76. The summed E-state index contributed by atoms with van der Waals surface area (Å²) < 4.78 is 0. The van der Waals surface area contributed by atoms with Crippen LogP contribution in [0.25, 0.3) is 0 Å². The molecule has 1 unspecified atom stereocenters. The van der Waals surface area contributed by atoms with E-state index in [1.165, 1.54) is 0 Å². The Morgan fingerprint density at radius 2 is 2.38 bits per heavy atom. The summed E-state index contributed by atoms with van der Waals surface area (Å²) in [4.78, 5) is 13.2. The van der Waals surface area contributed by atoms with Crippen molar-refractivity contribution in [3.05, 3.63) is 12.2 Å². The second-order valence-corrected chi connectivity index (χ2v) is 3.93. The predicted octanol–water partition coefficient (Wildman–Crippen LogP) is 0.760. The molecule has 0 aliphatic carbocycles. The molecule has 0 aromatic heterocycles. The first kappa shape index (κ1) is 10.3. The molecule has 0 radical (unpaired) electrons. The molecule has 13 heavy (non-hydrogen) atoms. The van der Waals surface area contributed by atoms with Crippen molar-refractivity contribution in [1.29, 1.82) is 0 Å². The van der Waals surface area contributed by atoms with Crippen LogP contribution in [-0.2, 0) is 4.79 Å². The molecule has 0 saturated carbocycles. The zero-order valence-corrected chi connectivity index (χ0v) is 8.25. The zero-order valence-electron chi connectivity index (χ0n) is 8.25. The van der Waals surface area contributed by atoms with Crippen LogP contribution in [0, 0.1) is 5.92 Å². The molecule has 1 heterocycles. The van der Waals surface area contributed by atoms with Crippen molar-refractivity contribution >= 4 is 5.91 Å². The Bertz CT molecular complexity index is 213. The molecule has 0 aromatic carbocycles. The molecule has 1 aliphatic heterocycles. The lowest BCUT2D eigenvalue weighted by molar-refractivity contribution is -0.123. The normalized spacial score (nSPS) is 24.2. The lowest BCUT2D eigenvalue weighted by Gasteiger charge is -2.31. The van der Waals surface area contributed by atoms with Crippen LogP contribution in [0.5, 0.6) is 0 Å². The van der Waals surface area contributed by atoms with E-state index in [4.69, 9.17) is 5.73 Å². The van der Waals surface area contributed by atoms with Gasteiger partial charge in [0.2, 0.25) is 5.91 Å². The Kier molecular flexibility index (Phi) is 3.48. The van der Waals surface area contributed by atoms with Crippen molar-refractivity contribution in [2.24, 2.45) is 11.7 Å². The summed E-state index contributed by atoms with van der Waals surface area (Å²) in [5.41, 5.74) is 6.42. The largest absolute Gasteiger partial charge is 0.369 e. The van der Waals surface area contributed by atoms with Gasteiger partial charge in [0.1, 0.15) is 0 Å². The second-order valence-electron chi connectivity index (χ2n) is 3.93. The summed E-state index contributed by atoms with van der Waals surface area (Å²) in [5.74, 6) is -0.112. The zero-order chi connectivity index (χ0) is 9.84. The van der Waals surface area contributed by atoms with Crippen LogP contribution >= 0.6 is 0 Å². The first-order chi connectivity index (χ1) is 6.09. The van der Waals surface area contributed by atoms with Crippen molar-refractivity contribution in [3.8, 4) is 0 Å². The number of piperidine rings is 1. The number of hydrogen-bond acceptors (Lipinski definition) is 2. The molecule has 1 amide bonds. The Morgan fingerprint density at radius 3 is 2.92 bits per heavy atom. The van der Waals surface area contributed by atoms with Gasteiger partial charge in [0.25, 0.3) is 0 Å². The predicted molar refractivity (Wildman–Crippen MR) is 53.2 cm³/mol. The van der Waals surface area contributed by atoms with Crippen LogP contribution in [0.1, 0.15) is 19.8 Å². The summed E-state index contributed by atoms with van der Waals surface area (Å²) >= 11 is 0.